The molecule has 4 heteroatoms. The second-order valence-electron chi connectivity index (χ2n) is 10.9. The number of hydrogen-bond donors (Lipinski definition) is 0. The summed E-state index contributed by atoms with van der Waals surface area (Å²) in [7, 11) is 0. The van der Waals surface area contributed by atoms with Gasteiger partial charge in [0.2, 0.25) is 0 Å². The summed E-state index contributed by atoms with van der Waals surface area (Å²) < 4.78 is 144. The zero-order valence-electron chi connectivity index (χ0n) is 39.9. The highest BCUT2D eigenvalue weighted by atomic mass is 15.0. The highest BCUT2D eigenvalue weighted by Gasteiger charge is 2.37. The van der Waals surface area contributed by atoms with E-state index < -0.39 is 102 Å². The standard InChI is InChI=1S/C42H30N4/c1-42(2)33-22-11-9-20-31(33)37-34(42)24-25-36-38(37)32-21-10-12-23-35(32)46(36)30-19-13-18-29(26-30)41-44-39(27-14-5-3-6-15-27)43-40(45-41)28-16-7-4-8-17-28/h3-26H,1-2H3/i1D3,2D3,9D,10D,11D,12D,20D,21D,22D,23D,24D,25D. The summed E-state index contributed by atoms with van der Waals surface area (Å²) in [4.78, 5) is 14.4. The largest absolute Gasteiger partial charge is 0.309 e. The molecule has 1 aliphatic rings. The van der Waals surface area contributed by atoms with Crippen LogP contribution in [0.25, 0.3) is 72.8 Å². The van der Waals surface area contributed by atoms with E-state index in [-0.39, 0.29) is 33.3 Å². The molecule has 218 valence electrons. The smallest absolute Gasteiger partial charge is 0.164 e. The molecule has 0 N–H and O–H groups in total. The molecule has 6 aromatic carbocycles. The van der Waals surface area contributed by atoms with Crippen molar-refractivity contribution in [3.63, 3.8) is 0 Å². The van der Waals surface area contributed by atoms with Crippen LogP contribution in [0.2, 0.25) is 0 Å². The Morgan fingerprint density at radius 1 is 0.587 bits per heavy atom. The molecule has 0 bridgehead atoms. The van der Waals surface area contributed by atoms with Gasteiger partial charge in [0.15, 0.2) is 17.5 Å². The molecular formula is C42H30N4. The maximum absolute atomic E-state index is 9.58. The van der Waals surface area contributed by atoms with Crippen LogP contribution in [0.15, 0.2) is 145 Å². The van der Waals surface area contributed by atoms with Crippen molar-refractivity contribution in [1.29, 1.82) is 0 Å². The van der Waals surface area contributed by atoms with Gasteiger partial charge in [-0.1, -0.05) is 135 Å². The van der Waals surface area contributed by atoms with Gasteiger partial charge < -0.3 is 4.57 Å². The Morgan fingerprint density at radius 2 is 1.22 bits per heavy atom. The van der Waals surface area contributed by atoms with Gasteiger partial charge in [-0.3, -0.25) is 0 Å². The van der Waals surface area contributed by atoms with Gasteiger partial charge >= 0.3 is 0 Å². The molecule has 0 radical (unpaired) electrons. The molecule has 4 nitrogen and oxygen atoms in total. The monoisotopic (exact) mass is 606 g/mol. The molecule has 0 saturated carbocycles. The number of aromatic nitrogens is 4. The third kappa shape index (κ3) is 3.97. The summed E-state index contributed by atoms with van der Waals surface area (Å²) in [6.07, 6.45) is 0. The highest BCUT2D eigenvalue weighted by molar-refractivity contribution is 6.17. The number of para-hydroxylation sites is 1. The molecule has 2 heterocycles. The Morgan fingerprint density at radius 3 is 1.93 bits per heavy atom. The van der Waals surface area contributed by atoms with Gasteiger partial charge in [0.1, 0.15) is 0 Å². The van der Waals surface area contributed by atoms with Gasteiger partial charge in [0.25, 0.3) is 0 Å². The molecule has 0 amide bonds. The average molecular weight is 607 g/mol. The van der Waals surface area contributed by atoms with Gasteiger partial charge in [0.05, 0.1) is 24.7 Å². The Bertz CT molecular complexity index is 3140. The third-order valence-electron chi connectivity index (χ3n) is 8.16. The van der Waals surface area contributed by atoms with Crippen molar-refractivity contribution in [3.05, 3.63) is 156 Å². The van der Waals surface area contributed by atoms with Crippen LogP contribution in [0, 0.1) is 0 Å². The topological polar surface area (TPSA) is 43.6 Å². The van der Waals surface area contributed by atoms with E-state index in [0.29, 0.717) is 28.3 Å². The van der Waals surface area contributed by atoms with E-state index in [1.807, 2.05) is 60.7 Å². The van der Waals surface area contributed by atoms with Gasteiger partial charge in [-0.25, -0.2) is 15.0 Å². The molecule has 0 atom stereocenters. The molecule has 0 aliphatic heterocycles. The lowest BCUT2D eigenvalue weighted by Crippen LogP contribution is -2.14. The predicted molar refractivity (Wildman–Crippen MR) is 188 cm³/mol. The summed E-state index contributed by atoms with van der Waals surface area (Å²) in [5.41, 5.74) is -4.39. The Balaban J connectivity index is 1.46. The van der Waals surface area contributed by atoms with Crippen molar-refractivity contribution in [2.24, 2.45) is 0 Å². The first-order valence-electron chi connectivity index (χ1n) is 22.4. The zero-order valence-corrected chi connectivity index (χ0v) is 23.9. The Hall–Kier alpha value is -5.87. The van der Waals surface area contributed by atoms with Crippen LogP contribution in [0.5, 0.6) is 0 Å². The summed E-state index contributed by atoms with van der Waals surface area (Å²) in [6, 6.07) is 17.1. The Labute approximate surface area is 290 Å². The first kappa shape index (κ1) is 14.9. The molecule has 46 heavy (non-hydrogen) atoms. The van der Waals surface area contributed by atoms with E-state index in [1.165, 1.54) is 4.57 Å². The van der Waals surface area contributed by atoms with Crippen LogP contribution in [-0.4, -0.2) is 19.5 Å². The summed E-state index contributed by atoms with van der Waals surface area (Å²) in [5.74, 6) is 0.910. The van der Waals surface area contributed by atoms with Gasteiger partial charge in [-0.15, -0.1) is 0 Å². The fourth-order valence-electron chi connectivity index (χ4n) is 6.08. The van der Waals surface area contributed by atoms with Crippen LogP contribution in [-0.2, 0) is 5.41 Å². The van der Waals surface area contributed by atoms with Crippen LogP contribution >= 0.6 is 0 Å². The van der Waals surface area contributed by atoms with Crippen LogP contribution in [0.1, 0.15) is 46.8 Å². The van der Waals surface area contributed by atoms with Crippen molar-refractivity contribution < 1.29 is 21.9 Å². The fourth-order valence-corrected chi connectivity index (χ4v) is 6.08. The molecule has 2 aromatic heterocycles. The van der Waals surface area contributed by atoms with E-state index >= 15 is 0 Å². The summed E-state index contributed by atoms with van der Waals surface area (Å²) >= 11 is 0. The normalized spacial score (nSPS) is 18.7. The lowest BCUT2D eigenvalue weighted by atomic mass is 9.82. The van der Waals surface area contributed by atoms with Crippen molar-refractivity contribution in [3.8, 4) is 51.0 Å². The minimum Gasteiger partial charge on any atom is -0.309 e. The molecule has 9 rings (SSSR count). The SMILES string of the molecule is [2H]c1c([2H])c([2H])c2c(c1[2H])-c1c(c([2H])c([2H])c3c1c1c([2H])c([2H])c([2H])c([2H])c1n3-c1cccc(-c3nc(-c4ccccc4)nc(-c4ccccc4)n3)c1)C2(C([2H])([2H])[2H])C([2H])([2H])[2H]. The van der Waals surface area contributed by atoms with E-state index in [0.717, 1.165) is 0 Å². The molecule has 0 unspecified atom stereocenters. The number of nitrogens with zero attached hydrogens (tertiary/aromatic N) is 4. The minimum absolute atomic E-state index is 0.175. The van der Waals surface area contributed by atoms with E-state index in [9.17, 15) is 5.48 Å². The average Bonchev–Trinajstić information content (AvgIpc) is 3.79. The predicted octanol–water partition coefficient (Wildman–Crippen LogP) is 10.3. The lowest BCUT2D eigenvalue weighted by molar-refractivity contribution is 0.661. The molecule has 8 aromatic rings. The number of hydrogen-bond acceptors (Lipinski definition) is 3. The summed E-state index contributed by atoms with van der Waals surface area (Å²) in [5, 5.41) is -0.572. The van der Waals surface area contributed by atoms with Gasteiger partial charge in [-0.05, 0) is 46.5 Å². The highest BCUT2D eigenvalue weighted by Crippen LogP contribution is 2.53. The molecular weight excluding hydrogens is 560 g/mol. The summed E-state index contributed by atoms with van der Waals surface area (Å²) in [6.45, 7) is -7.22. The number of benzene rings is 6. The Kier molecular flexibility index (Phi) is 3.27. The fraction of sp³-hybridized carbons (Fsp3) is 0.0714. The van der Waals surface area contributed by atoms with E-state index in [4.69, 9.17) is 31.4 Å². The minimum atomic E-state index is -3.61. The van der Waals surface area contributed by atoms with E-state index in [2.05, 4.69) is 0 Å². The molecule has 1 aliphatic carbocycles. The third-order valence-corrected chi connectivity index (χ3v) is 8.16. The molecule has 0 saturated heterocycles. The van der Waals surface area contributed by atoms with Crippen LogP contribution in [0.4, 0.5) is 0 Å². The van der Waals surface area contributed by atoms with Crippen LogP contribution in [0.3, 0.4) is 0 Å². The molecule has 0 fully saturated rings. The number of fused-ring (bicyclic) bond motifs is 7. The van der Waals surface area contributed by atoms with Gasteiger partial charge in [-0.2, -0.15) is 0 Å². The lowest BCUT2D eigenvalue weighted by Gasteiger charge is -2.21. The zero-order chi connectivity index (χ0) is 44.5. The van der Waals surface area contributed by atoms with Crippen molar-refractivity contribution in [1.82, 2.24) is 19.5 Å². The second-order valence-corrected chi connectivity index (χ2v) is 10.9. The maximum Gasteiger partial charge on any atom is 0.164 e. The van der Waals surface area contributed by atoms with Crippen molar-refractivity contribution in [2.75, 3.05) is 0 Å². The first-order valence-corrected chi connectivity index (χ1v) is 14.4. The quantitative estimate of drug-likeness (QED) is 0.200. The van der Waals surface area contributed by atoms with Crippen molar-refractivity contribution >= 4 is 21.8 Å². The van der Waals surface area contributed by atoms with Crippen molar-refractivity contribution in [2.45, 2.75) is 19.1 Å². The van der Waals surface area contributed by atoms with E-state index in [1.54, 1.807) is 24.3 Å². The van der Waals surface area contributed by atoms with Crippen LogP contribution < -0.4 is 0 Å². The maximum atomic E-state index is 9.58. The van der Waals surface area contributed by atoms with Gasteiger partial charge in [0, 0.05) is 46.8 Å². The first-order chi connectivity index (χ1) is 29.2. The number of rotatable bonds is 4. The molecule has 0 spiro atoms. The second kappa shape index (κ2) is 10.1.